The third kappa shape index (κ3) is 3.97. The summed E-state index contributed by atoms with van der Waals surface area (Å²) in [6, 6.07) is 9.59. The Labute approximate surface area is 100 Å². The van der Waals surface area contributed by atoms with E-state index in [2.05, 4.69) is 64.2 Å². The van der Waals surface area contributed by atoms with E-state index in [0.29, 0.717) is 6.04 Å². The molecule has 0 fully saturated rings. The van der Waals surface area contributed by atoms with E-state index < -0.39 is 0 Å². The van der Waals surface area contributed by atoms with E-state index in [1.54, 1.807) is 0 Å². The van der Waals surface area contributed by atoms with Gasteiger partial charge in [0, 0.05) is 6.04 Å². The van der Waals surface area contributed by atoms with Crippen molar-refractivity contribution < 1.29 is 0 Å². The first-order chi connectivity index (χ1) is 7.43. The van der Waals surface area contributed by atoms with E-state index in [4.69, 9.17) is 0 Å². The number of hydrogen-bond donors (Lipinski definition) is 1. The number of hydrogen-bond acceptors (Lipinski definition) is 1. The molecule has 0 unspecified atom stereocenters. The Hall–Kier alpha value is -0.820. The summed E-state index contributed by atoms with van der Waals surface area (Å²) in [5.41, 5.74) is 3.08. The van der Waals surface area contributed by atoms with Crippen LogP contribution in [0.5, 0.6) is 0 Å². The van der Waals surface area contributed by atoms with Crippen LogP contribution in [0.4, 0.5) is 0 Å². The second kappa shape index (κ2) is 5.49. The van der Waals surface area contributed by atoms with Crippen LogP contribution in [-0.4, -0.2) is 12.6 Å². The van der Waals surface area contributed by atoms with Gasteiger partial charge in [-0.05, 0) is 36.4 Å². The molecule has 1 N–H and O–H groups in total. The van der Waals surface area contributed by atoms with Crippen LogP contribution in [0.1, 0.15) is 45.7 Å². The molecule has 1 aromatic rings. The van der Waals surface area contributed by atoms with Gasteiger partial charge in [-0.3, -0.25) is 0 Å². The zero-order chi connectivity index (χ0) is 12.2. The van der Waals surface area contributed by atoms with Crippen LogP contribution in [0.3, 0.4) is 0 Å². The van der Waals surface area contributed by atoms with Crippen molar-refractivity contribution >= 4 is 0 Å². The summed E-state index contributed by atoms with van der Waals surface area (Å²) in [4.78, 5) is 0. The van der Waals surface area contributed by atoms with E-state index in [-0.39, 0.29) is 5.41 Å². The van der Waals surface area contributed by atoms with Gasteiger partial charge >= 0.3 is 0 Å². The fourth-order valence-corrected chi connectivity index (χ4v) is 1.92. The lowest BCUT2D eigenvalue weighted by molar-refractivity contribution is 0.564. The minimum atomic E-state index is 0.256. The second-order valence-electron chi connectivity index (χ2n) is 5.61. The minimum absolute atomic E-state index is 0.256. The predicted octanol–water partition coefficient (Wildman–Crippen LogP) is 3.52. The number of rotatable bonds is 4. The quantitative estimate of drug-likeness (QED) is 0.817. The lowest BCUT2D eigenvalue weighted by Gasteiger charge is -2.19. The zero-order valence-electron chi connectivity index (χ0n) is 11.3. The van der Waals surface area contributed by atoms with Crippen LogP contribution in [0.25, 0.3) is 0 Å². The molecule has 16 heavy (non-hydrogen) atoms. The molecular formula is C15H25N. The Morgan fingerprint density at radius 3 is 2.12 bits per heavy atom. The Bertz CT molecular complexity index is 305. The highest BCUT2D eigenvalue weighted by Gasteiger charge is 2.12. The van der Waals surface area contributed by atoms with Crippen molar-refractivity contribution in [1.82, 2.24) is 5.32 Å². The first-order valence-corrected chi connectivity index (χ1v) is 6.26. The van der Waals surface area contributed by atoms with Crippen molar-refractivity contribution in [2.45, 2.75) is 52.5 Å². The summed E-state index contributed by atoms with van der Waals surface area (Å²) >= 11 is 0. The van der Waals surface area contributed by atoms with Gasteiger partial charge in [0.05, 0.1) is 0 Å². The van der Waals surface area contributed by atoms with Gasteiger partial charge in [0.1, 0.15) is 0 Å². The summed E-state index contributed by atoms with van der Waals surface area (Å²) in [5.74, 6) is 0. The maximum atomic E-state index is 3.44. The summed E-state index contributed by atoms with van der Waals surface area (Å²) in [6.07, 6.45) is 1.11. The molecule has 0 saturated carbocycles. The Morgan fingerprint density at radius 1 is 1.12 bits per heavy atom. The predicted molar refractivity (Wildman–Crippen MR) is 72.0 cm³/mol. The van der Waals surface area contributed by atoms with Crippen molar-refractivity contribution in [1.29, 1.82) is 0 Å². The summed E-state index contributed by atoms with van der Waals surface area (Å²) in [5, 5.41) is 3.44. The van der Waals surface area contributed by atoms with Gasteiger partial charge in [-0.2, -0.15) is 0 Å². The van der Waals surface area contributed by atoms with Gasteiger partial charge in [0.2, 0.25) is 0 Å². The number of nitrogens with one attached hydrogen (secondary N) is 1. The average Bonchev–Trinajstić information content (AvgIpc) is 2.17. The first kappa shape index (κ1) is 13.2. The Morgan fingerprint density at radius 2 is 1.69 bits per heavy atom. The normalized spacial score (nSPS) is 13.8. The smallest absolute Gasteiger partial charge is 0.00790 e. The third-order valence-electron chi connectivity index (χ3n) is 2.91. The van der Waals surface area contributed by atoms with Gasteiger partial charge in [0.25, 0.3) is 0 Å². The van der Waals surface area contributed by atoms with Gasteiger partial charge in [-0.1, -0.05) is 52.0 Å². The fourth-order valence-electron chi connectivity index (χ4n) is 1.92. The topological polar surface area (TPSA) is 12.0 Å². The van der Waals surface area contributed by atoms with Crippen LogP contribution >= 0.6 is 0 Å². The number of likely N-dealkylation sites (N-methyl/N-ethyl adjacent to an activating group) is 1. The van der Waals surface area contributed by atoms with Crippen molar-refractivity contribution in [3.05, 3.63) is 35.4 Å². The van der Waals surface area contributed by atoms with Crippen LogP contribution in [0.2, 0.25) is 0 Å². The third-order valence-corrected chi connectivity index (χ3v) is 2.91. The van der Waals surface area contributed by atoms with E-state index in [1.807, 2.05) is 0 Å². The lowest BCUT2D eigenvalue weighted by Crippen LogP contribution is -2.27. The highest BCUT2D eigenvalue weighted by atomic mass is 14.9. The van der Waals surface area contributed by atoms with Crippen molar-refractivity contribution in [2.24, 2.45) is 0 Å². The molecule has 0 saturated heterocycles. The average molecular weight is 219 g/mol. The van der Waals surface area contributed by atoms with E-state index >= 15 is 0 Å². The van der Waals surface area contributed by atoms with Crippen molar-refractivity contribution in [3.63, 3.8) is 0 Å². The van der Waals surface area contributed by atoms with Crippen LogP contribution in [0, 0.1) is 0 Å². The monoisotopic (exact) mass is 219 g/mol. The first-order valence-electron chi connectivity index (χ1n) is 6.26. The van der Waals surface area contributed by atoms with Crippen molar-refractivity contribution in [2.75, 3.05) is 6.54 Å². The van der Waals surface area contributed by atoms with E-state index in [9.17, 15) is 0 Å². The molecule has 0 aliphatic rings. The van der Waals surface area contributed by atoms with Gasteiger partial charge < -0.3 is 5.32 Å². The molecule has 90 valence electrons. The molecule has 0 aliphatic heterocycles. The van der Waals surface area contributed by atoms with Crippen LogP contribution in [-0.2, 0) is 11.8 Å². The van der Waals surface area contributed by atoms with E-state index in [0.717, 1.165) is 13.0 Å². The standard InChI is InChI=1S/C15H25N/c1-6-16-12(2)11-13-7-9-14(10-8-13)15(3,4)5/h7-10,12,16H,6,11H2,1-5H3/t12-/m0/s1. The molecule has 1 heteroatoms. The Balaban J connectivity index is 2.65. The molecule has 0 bridgehead atoms. The minimum Gasteiger partial charge on any atom is -0.314 e. The van der Waals surface area contributed by atoms with Crippen LogP contribution in [0.15, 0.2) is 24.3 Å². The molecule has 1 atom stereocenters. The van der Waals surface area contributed by atoms with Gasteiger partial charge in [-0.15, -0.1) is 0 Å². The largest absolute Gasteiger partial charge is 0.314 e. The highest BCUT2D eigenvalue weighted by Crippen LogP contribution is 2.22. The summed E-state index contributed by atoms with van der Waals surface area (Å²) in [6.45, 7) is 12.2. The molecule has 1 aromatic carbocycles. The molecule has 1 rings (SSSR count). The summed E-state index contributed by atoms with van der Waals surface area (Å²) < 4.78 is 0. The van der Waals surface area contributed by atoms with Gasteiger partial charge in [0.15, 0.2) is 0 Å². The SMILES string of the molecule is CCN[C@@H](C)Cc1ccc(C(C)(C)C)cc1. The van der Waals surface area contributed by atoms with Crippen molar-refractivity contribution in [3.8, 4) is 0 Å². The lowest BCUT2D eigenvalue weighted by atomic mass is 9.86. The zero-order valence-corrected chi connectivity index (χ0v) is 11.3. The molecule has 0 aromatic heterocycles. The van der Waals surface area contributed by atoms with E-state index in [1.165, 1.54) is 11.1 Å². The number of benzene rings is 1. The molecule has 0 amide bonds. The van der Waals surface area contributed by atoms with Crippen LogP contribution < -0.4 is 5.32 Å². The fraction of sp³-hybridized carbons (Fsp3) is 0.600. The Kier molecular flexibility index (Phi) is 4.55. The maximum Gasteiger partial charge on any atom is 0.00790 e. The molecule has 0 aliphatic carbocycles. The molecule has 0 heterocycles. The molecule has 0 radical (unpaired) electrons. The maximum absolute atomic E-state index is 3.44. The molecule has 1 nitrogen and oxygen atoms in total. The second-order valence-corrected chi connectivity index (χ2v) is 5.61. The molecule has 0 spiro atoms. The van der Waals surface area contributed by atoms with Gasteiger partial charge in [-0.25, -0.2) is 0 Å². The summed E-state index contributed by atoms with van der Waals surface area (Å²) in [7, 11) is 0. The highest BCUT2D eigenvalue weighted by molar-refractivity contribution is 5.27. The molecular weight excluding hydrogens is 194 g/mol.